The SMILES string of the molecule is CC(C)CCC[C@@H](C)[C@H]1CC[C@H]2[C@@H]3CC(=O)[C@@]4(O)C[C@@H](OC(=O)c5ccc(Cl)nc5)CC[C@]4(C)[C@H]3CC[C@]12C. The van der Waals surface area contributed by atoms with Crippen LogP contribution >= 0.6 is 11.6 Å². The number of aromatic nitrogens is 1. The summed E-state index contributed by atoms with van der Waals surface area (Å²) in [5.74, 6) is 2.97. The van der Waals surface area contributed by atoms with Gasteiger partial charge in [0.05, 0.1) is 5.56 Å². The molecule has 0 amide bonds. The first kappa shape index (κ1) is 29.0. The van der Waals surface area contributed by atoms with Crippen LogP contribution in [0.25, 0.3) is 0 Å². The predicted molar refractivity (Wildman–Crippen MR) is 153 cm³/mol. The van der Waals surface area contributed by atoms with E-state index in [0.717, 1.165) is 24.2 Å². The number of carbonyl (C=O) groups excluding carboxylic acids is 2. The molecule has 1 heterocycles. The van der Waals surface area contributed by atoms with Gasteiger partial charge >= 0.3 is 5.97 Å². The molecule has 1 N–H and O–H groups in total. The molecule has 216 valence electrons. The van der Waals surface area contributed by atoms with Gasteiger partial charge in [-0.2, -0.15) is 0 Å². The van der Waals surface area contributed by atoms with Crippen molar-refractivity contribution in [3.63, 3.8) is 0 Å². The van der Waals surface area contributed by atoms with E-state index in [-0.39, 0.29) is 12.2 Å². The van der Waals surface area contributed by atoms with Gasteiger partial charge in [-0.1, -0.05) is 65.5 Å². The number of rotatable bonds is 7. The van der Waals surface area contributed by atoms with Crippen LogP contribution < -0.4 is 0 Å². The first-order valence-corrected chi connectivity index (χ1v) is 15.8. The Morgan fingerprint density at radius 2 is 1.87 bits per heavy atom. The fourth-order valence-corrected chi connectivity index (χ4v) is 9.96. The van der Waals surface area contributed by atoms with E-state index in [4.69, 9.17) is 16.3 Å². The highest BCUT2D eigenvalue weighted by atomic mass is 35.5. The second-order valence-corrected chi connectivity index (χ2v) is 14.8. The van der Waals surface area contributed by atoms with Crippen molar-refractivity contribution in [1.29, 1.82) is 0 Å². The quantitative estimate of drug-likeness (QED) is 0.275. The molecule has 39 heavy (non-hydrogen) atoms. The Morgan fingerprint density at radius 1 is 1.10 bits per heavy atom. The molecule has 0 aliphatic heterocycles. The minimum atomic E-state index is -1.44. The van der Waals surface area contributed by atoms with Crippen LogP contribution in [-0.4, -0.2) is 33.5 Å². The van der Waals surface area contributed by atoms with Crippen LogP contribution in [-0.2, 0) is 9.53 Å². The summed E-state index contributed by atoms with van der Waals surface area (Å²) < 4.78 is 5.80. The standard InChI is InChI=1S/C33H48ClNO4/c1-20(2)7-6-8-21(3)25-10-11-26-24-17-28(36)33(38)18-23(39-30(37)22-9-12-29(34)35-19-22)13-16-32(33,5)27(24)14-15-31(25,26)4/h9,12,19-21,23-27,38H,6-8,10-11,13-18H2,1-5H3/t21-,23+,24+,25-,26+,27+,31-,32-,33+/m1/s1. The van der Waals surface area contributed by atoms with E-state index >= 15 is 0 Å². The van der Waals surface area contributed by atoms with Gasteiger partial charge in [-0.05, 0) is 91.6 Å². The van der Waals surface area contributed by atoms with Gasteiger partial charge in [-0.3, -0.25) is 4.79 Å². The summed E-state index contributed by atoms with van der Waals surface area (Å²) >= 11 is 5.85. The Kier molecular flexibility index (Phi) is 8.00. The molecule has 9 atom stereocenters. The zero-order chi connectivity index (χ0) is 28.2. The molecule has 0 unspecified atom stereocenters. The lowest BCUT2D eigenvalue weighted by Gasteiger charge is -2.63. The molecule has 6 heteroatoms. The Labute approximate surface area is 239 Å². The van der Waals surface area contributed by atoms with Gasteiger partial charge in [-0.15, -0.1) is 0 Å². The van der Waals surface area contributed by atoms with Gasteiger partial charge in [0.2, 0.25) is 0 Å². The molecule has 4 aliphatic rings. The second-order valence-electron chi connectivity index (χ2n) is 14.5. The Bertz CT molecular complexity index is 1070. The van der Waals surface area contributed by atoms with Crippen molar-refractivity contribution in [1.82, 2.24) is 4.98 Å². The van der Waals surface area contributed by atoms with E-state index < -0.39 is 23.1 Å². The van der Waals surface area contributed by atoms with E-state index in [1.807, 2.05) is 0 Å². The third-order valence-electron chi connectivity index (χ3n) is 12.0. The van der Waals surface area contributed by atoms with Gasteiger partial charge in [0.1, 0.15) is 16.9 Å². The molecular formula is C33H48ClNO4. The molecular weight excluding hydrogens is 510 g/mol. The Morgan fingerprint density at radius 3 is 2.56 bits per heavy atom. The topological polar surface area (TPSA) is 76.5 Å². The summed E-state index contributed by atoms with van der Waals surface area (Å²) in [6.45, 7) is 11.8. The molecule has 1 aromatic rings. The van der Waals surface area contributed by atoms with E-state index in [9.17, 15) is 14.7 Å². The molecule has 5 rings (SSSR count). The molecule has 0 spiro atoms. The fraction of sp³-hybridized carbons (Fsp3) is 0.788. The van der Waals surface area contributed by atoms with Gasteiger partial charge in [0.25, 0.3) is 0 Å². The van der Waals surface area contributed by atoms with Crippen LogP contribution in [0.2, 0.25) is 5.15 Å². The highest BCUT2D eigenvalue weighted by Crippen LogP contribution is 2.68. The van der Waals surface area contributed by atoms with Gasteiger partial charge < -0.3 is 9.84 Å². The number of pyridine rings is 1. The number of ether oxygens (including phenoxy) is 1. The Hall–Kier alpha value is -1.46. The number of aliphatic hydroxyl groups is 1. The number of hydrogen-bond acceptors (Lipinski definition) is 5. The van der Waals surface area contributed by atoms with Crippen molar-refractivity contribution >= 4 is 23.4 Å². The molecule has 4 fully saturated rings. The van der Waals surface area contributed by atoms with E-state index in [1.54, 1.807) is 12.1 Å². The van der Waals surface area contributed by atoms with Crippen LogP contribution in [0.15, 0.2) is 18.3 Å². The lowest BCUT2D eigenvalue weighted by atomic mass is 9.42. The van der Waals surface area contributed by atoms with Gasteiger partial charge in [0.15, 0.2) is 5.78 Å². The smallest absolute Gasteiger partial charge is 0.339 e. The fourth-order valence-electron chi connectivity index (χ4n) is 9.84. The number of halogens is 1. The number of ketones is 1. The van der Waals surface area contributed by atoms with Crippen molar-refractivity contribution in [3.8, 4) is 0 Å². The predicted octanol–water partition coefficient (Wildman–Crippen LogP) is 7.68. The summed E-state index contributed by atoms with van der Waals surface area (Å²) in [4.78, 5) is 30.6. The molecule has 0 aromatic carbocycles. The maximum atomic E-state index is 13.8. The van der Waals surface area contributed by atoms with Crippen molar-refractivity contribution in [2.24, 2.45) is 46.3 Å². The zero-order valence-corrected chi connectivity index (χ0v) is 25.3. The molecule has 4 saturated carbocycles. The largest absolute Gasteiger partial charge is 0.459 e. The average Bonchev–Trinajstić information content (AvgIpc) is 3.23. The lowest BCUT2D eigenvalue weighted by Crippen LogP contribution is -2.67. The third kappa shape index (κ3) is 4.98. The monoisotopic (exact) mass is 557 g/mol. The maximum Gasteiger partial charge on any atom is 0.339 e. The summed E-state index contributed by atoms with van der Waals surface area (Å²) in [5.41, 5.74) is -1.29. The van der Waals surface area contributed by atoms with Crippen molar-refractivity contribution in [2.75, 3.05) is 0 Å². The van der Waals surface area contributed by atoms with E-state index in [1.165, 1.54) is 44.7 Å². The minimum absolute atomic E-state index is 0.0298. The molecule has 0 radical (unpaired) electrons. The first-order chi connectivity index (χ1) is 18.4. The summed E-state index contributed by atoms with van der Waals surface area (Å²) in [5, 5.41) is 12.4. The van der Waals surface area contributed by atoms with Crippen molar-refractivity contribution < 1.29 is 19.4 Å². The number of fused-ring (bicyclic) bond motifs is 5. The second kappa shape index (κ2) is 10.7. The van der Waals surface area contributed by atoms with Crippen molar-refractivity contribution in [2.45, 2.75) is 117 Å². The number of hydrogen-bond donors (Lipinski definition) is 1. The highest BCUT2D eigenvalue weighted by Gasteiger charge is 2.68. The summed E-state index contributed by atoms with van der Waals surface area (Å²) in [7, 11) is 0. The normalized spacial score (nSPS) is 40.5. The van der Waals surface area contributed by atoms with Crippen LogP contribution in [0.1, 0.15) is 116 Å². The van der Waals surface area contributed by atoms with E-state index in [2.05, 4.69) is 39.6 Å². The molecule has 1 aromatic heterocycles. The zero-order valence-electron chi connectivity index (χ0n) is 24.5. The average molecular weight is 558 g/mol. The lowest BCUT2D eigenvalue weighted by molar-refractivity contribution is -0.213. The van der Waals surface area contributed by atoms with Crippen LogP contribution in [0, 0.1) is 46.3 Å². The number of nitrogens with zero attached hydrogens (tertiary/aromatic N) is 1. The first-order valence-electron chi connectivity index (χ1n) is 15.5. The van der Waals surface area contributed by atoms with Crippen molar-refractivity contribution in [3.05, 3.63) is 29.0 Å². The van der Waals surface area contributed by atoms with Crippen LogP contribution in [0.5, 0.6) is 0 Å². The molecule has 0 saturated heterocycles. The van der Waals surface area contributed by atoms with Gasteiger partial charge in [-0.25, -0.2) is 9.78 Å². The highest BCUT2D eigenvalue weighted by molar-refractivity contribution is 6.29. The van der Waals surface area contributed by atoms with Crippen LogP contribution in [0.4, 0.5) is 0 Å². The van der Waals surface area contributed by atoms with E-state index in [0.29, 0.717) is 53.1 Å². The minimum Gasteiger partial charge on any atom is -0.459 e. The molecule has 5 nitrogen and oxygen atoms in total. The Balaban J connectivity index is 1.29. The number of Topliss-reactive ketones (excluding diaryl/α,β-unsaturated/α-hetero) is 1. The third-order valence-corrected chi connectivity index (χ3v) is 12.3. The molecule has 0 bridgehead atoms. The maximum absolute atomic E-state index is 13.8. The number of esters is 1. The summed E-state index contributed by atoms with van der Waals surface area (Å²) in [6.07, 6.45) is 11.6. The summed E-state index contributed by atoms with van der Waals surface area (Å²) in [6, 6.07) is 3.15. The number of carbonyl (C=O) groups is 2. The molecule has 4 aliphatic carbocycles. The van der Waals surface area contributed by atoms with Crippen LogP contribution in [0.3, 0.4) is 0 Å². The van der Waals surface area contributed by atoms with Gasteiger partial charge in [0, 0.05) is 24.5 Å².